The molecule has 1 aromatic rings. The predicted octanol–water partition coefficient (Wildman–Crippen LogP) is 2.53. The summed E-state index contributed by atoms with van der Waals surface area (Å²) in [5.74, 6) is 1.51. The highest BCUT2D eigenvalue weighted by molar-refractivity contribution is 7.11. The second kappa shape index (κ2) is 10.6. The SMILES string of the molecule is CN=C(NCCOCCC(C)C)NCCc1nc(C)c(C)s1. The summed E-state index contributed by atoms with van der Waals surface area (Å²) in [7, 11) is 1.78. The van der Waals surface area contributed by atoms with Crippen molar-refractivity contribution in [1.29, 1.82) is 0 Å². The Morgan fingerprint density at radius 1 is 1.23 bits per heavy atom. The van der Waals surface area contributed by atoms with Gasteiger partial charge in [-0.1, -0.05) is 13.8 Å². The Balaban J connectivity index is 2.12. The Morgan fingerprint density at radius 2 is 1.95 bits per heavy atom. The summed E-state index contributed by atoms with van der Waals surface area (Å²) in [6.07, 6.45) is 2.03. The molecular formula is C16H30N4OS. The average molecular weight is 327 g/mol. The van der Waals surface area contributed by atoms with E-state index in [9.17, 15) is 0 Å². The Labute approximate surface area is 138 Å². The van der Waals surface area contributed by atoms with Crippen molar-refractivity contribution < 1.29 is 4.74 Å². The van der Waals surface area contributed by atoms with Crippen LogP contribution in [0.2, 0.25) is 0 Å². The number of ether oxygens (including phenoxy) is 1. The molecule has 0 unspecified atom stereocenters. The summed E-state index contributed by atoms with van der Waals surface area (Å²) in [4.78, 5) is 10.1. The number of aliphatic imine (C=N–C) groups is 1. The van der Waals surface area contributed by atoms with Crippen molar-refractivity contribution in [3.05, 3.63) is 15.6 Å². The predicted molar refractivity (Wildman–Crippen MR) is 94.9 cm³/mol. The number of thiazole rings is 1. The summed E-state index contributed by atoms with van der Waals surface area (Å²) in [6, 6.07) is 0. The molecule has 126 valence electrons. The third-order valence-corrected chi connectivity index (χ3v) is 4.44. The fourth-order valence-electron chi connectivity index (χ4n) is 1.82. The van der Waals surface area contributed by atoms with Crippen molar-refractivity contribution in [2.75, 3.05) is 33.4 Å². The van der Waals surface area contributed by atoms with E-state index in [1.54, 1.807) is 18.4 Å². The van der Waals surface area contributed by atoms with Crippen molar-refractivity contribution in [2.24, 2.45) is 10.9 Å². The molecule has 0 aliphatic heterocycles. The Bertz CT molecular complexity index is 437. The van der Waals surface area contributed by atoms with Crippen LogP contribution in [0.15, 0.2) is 4.99 Å². The van der Waals surface area contributed by atoms with Gasteiger partial charge < -0.3 is 15.4 Å². The first-order chi connectivity index (χ1) is 10.5. The van der Waals surface area contributed by atoms with E-state index in [2.05, 4.69) is 48.3 Å². The first kappa shape index (κ1) is 18.9. The fraction of sp³-hybridized carbons (Fsp3) is 0.750. The highest BCUT2D eigenvalue weighted by Crippen LogP contribution is 2.16. The molecule has 0 amide bonds. The molecule has 1 rings (SSSR count). The van der Waals surface area contributed by atoms with Crippen molar-refractivity contribution in [3.63, 3.8) is 0 Å². The Morgan fingerprint density at radius 3 is 2.55 bits per heavy atom. The van der Waals surface area contributed by atoms with Gasteiger partial charge in [0.05, 0.1) is 17.3 Å². The summed E-state index contributed by atoms with van der Waals surface area (Å²) in [6.45, 7) is 11.7. The number of aryl methyl sites for hydroxylation is 2. The molecule has 0 aromatic carbocycles. The van der Waals surface area contributed by atoms with Gasteiger partial charge in [-0.2, -0.15) is 0 Å². The zero-order valence-electron chi connectivity index (χ0n) is 14.5. The van der Waals surface area contributed by atoms with Gasteiger partial charge in [0, 0.05) is 38.0 Å². The monoisotopic (exact) mass is 326 g/mol. The molecule has 22 heavy (non-hydrogen) atoms. The van der Waals surface area contributed by atoms with Gasteiger partial charge in [0.25, 0.3) is 0 Å². The average Bonchev–Trinajstić information content (AvgIpc) is 2.79. The summed E-state index contributed by atoms with van der Waals surface area (Å²) >= 11 is 1.77. The quantitative estimate of drug-likeness (QED) is 0.416. The lowest BCUT2D eigenvalue weighted by atomic mass is 10.1. The van der Waals surface area contributed by atoms with Crippen LogP contribution in [0.5, 0.6) is 0 Å². The normalized spacial score (nSPS) is 12.0. The molecular weight excluding hydrogens is 296 g/mol. The first-order valence-electron chi connectivity index (χ1n) is 7.98. The molecule has 0 atom stereocenters. The number of aromatic nitrogens is 1. The topological polar surface area (TPSA) is 58.5 Å². The first-order valence-corrected chi connectivity index (χ1v) is 8.79. The molecule has 0 aliphatic rings. The lowest BCUT2D eigenvalue weighted by molar-refractivity contribution is 0.128. The Hall–Kier alpha value is -1.14. The van der Waals surface area contributed by atoms with Crippen molar-refractivity contribution >= 4 is 17.3 Å². The van der Waals surface area contributed by atoms with Crippen LogP contribution in [0.4, 0.5) is 0 Å². The molecule has 2 N–H and O–H groups in total. The molecule has 6 heteroatoms. The van der Waals surface area contributed by atoms with Crippen LogP contribution in [0, 0.1) is 19.8 Å². The zero-order chi connectivity index (χ0) is 16.4. The largest absolute Gasteiger partial charge is 0.380 e. The lowest BCUT2D eigenvalue weighted by Crippen LogP contribution is -2.39. The maximum Gasteiger partial charge on any atom is 0.191 e. The Kier molecular flexibility index (Phi) is 9.08. The fourth-order valence-corrected chi connectivity index (χ4v) is 2.75. The molecule has 0 saturated heterocycles. The molecule has 0 radical (unpaired) electrons. The number of nitrogens with zero attached hydrogens (tertiary/aromatic N) is 2. The van der Waals surface area contributed by atoms with E-state index in [0.29, 0.717) is 12.5 Å². The minimum atomic E-state index is 0.695. The number of nitrogens with one attached hydrogen (secondary N) is 2. The molecule has 0 aliphatic carbocycles. The second-order valence-electron chi connectivity index (χ2n) is 5.72. The van der Waals surface area contributed by atoms with Crippen molar-refractivity contribution in [2.45, 2.75) is 40.5 Å². The van der Waals surface area contributed by atoms with Gasteiger partial charge in [-0.15, -0.1) is 11.3 Å². The molecule has 0 bridgehead atoms. The standard InChI is InChI=1S/C16H30N4OS/c1-12(2)7-10-21-11-9-19-16(17-5)18-8-6-15-20-13(3)14(4)22-15/h12H,6-11H2,1-5H3,(H2,17,18,19). The number of rotatable bonds is 9. The third kappa shape index (κ3) is 7.75. The van der Waals surface area contributed by atoms with E-state index in [4.69, 9.17) is 4.74 Å². The van der Waals surface area contributed by atoms with Crippen molar-refractivity contribution in [3.8, 4) is 0 Å². The van der Waals surface area contributed by atoms with Gasteiger partial charge in [0.2, 0.25) is 0 Å². The highest BCUT2D eigenvalue weighted by Gasteiger charge is 2.04. The van der Waals surface area contributed by atoms with E-state index in [-0.39, 0.29) is 0 Å². The van der Waals surface area contributed by atoms with Crippen LogP contribution >= 0.6 is 11.3 Å². The number of hydrogen-bond acceptors (Lipinski definition) is 4. The molecule has 0 saturated carbocycles. The van der Waals surface area contributed by atoms with Crippen LogP contribution in [-0.4, -0.2) is 44.3 Å². The van der Waals surface area contributed by atoms with Crippen LogP contribution < -0.4 is 10.6 Å². The van der Waals surface area contributed by atoms with Crippen LogP contribution in [0.1, 0.15) is 35.8 Å². The lowest BCUT2D eigenvalue weighted by Gasteiger charge is -2.12. The number of guanidine groups is 1. The van der Waals surface area contributed by atoms with E-state index < -0.39 is 0 Å². The van der Waals surface area contributed by atoms with Gasteiger partial charge in [0.1, 0.15) is 0 Å². The minimum absolute atomic E-state index is 0.695. The molecule has 1 aromatic heterocycles. The van der Waals surface area contributed by atoms with E-state index in [0.717, 1.165) is 44.2 Å². The second-order valence-corrected chi connectivity index (χ2v) is 7.01. The molecule has 5 nitrogen and oxygen atoms in total. The third-order valence-electron chi connectivity index (χ3n) is 3.31. The van der Waals surface area contributed by atoms with Gasteiger partial charge in [-0.3, -0.25) is 4.99 Å². The molecule has 0 fully saturated rings. The van der Waals surface area contributed by atoms with Crippen LogP contribution in [-0.2, 0) is 11.2 Å². The van der Waals surface area contributed by atoms with E-state index in [1.165, 1.54) is 9.88 Å². The van der Waals surface area contributed by atoms with Gasteiger partial charge in [-0.05, 0) is 26.2 Å². The maximum atomic E-state index is 5.58. The zero-order valence-corrected chi connectivity index (χ0v) is 15.3. The van der Waals surface area contributed by atoms with Gasteiger partial charge in [-0.25, -0.2) is 4.98 Å². The van der Waals surface area contributed by atoms with Gasteiger partial charge >= 0.3 is 0 Å². The van der Waals surface area contributed by atoms with Crippen molar-refractivity contribution in [1.82, 2.24) is 15.6 Å². The van der Waals surface area contributed by atoms with E-state index in [1.807, 2.05) is 0 Å². The smallest absolute Gasteiger partial charge is 0.191 e. The molecule has 0 spiro atoms. The van der Waals surface area contributed by atoms with E-state index >= 15 is 0 Å². The maximum absolute atomic E-state index is 5.58. The molecule has 1 heterocycles. The number of hydrogen-bond donors (Lipinski definition) is 2. The highest BCUT2D eigenvalue weighted by atomic mass is 32.1. The van der Waals surface area contributed by atoms with Gasteiger partial charge in [0.15, 0.2) is 5.96 Å². The summed E-state index contributed by atoms with van der Waals surface area (Å²) in [5, 5.41) is 7.74. The minimum Gasteiger partial charge on any atom is -0.380 e. The van der Waals surface area contributed by atoms with Crippen LogP contribution in [0.25, 0.3) is 0 Å². The summed E-state index contributed by atoms with van der Waals surface area (Å²) < 4.78 is 5.58. The summed E-state index contributed by atoms with van der Waals surface area (Å²) in [5.41, 5.74) is 1.14. The van der Waals surface area contributed by atoms with Crippen LogP contribution in [0.3, 0.4) is 0 Å².